The number of benzene rings is 1. The number of amides is 1. The first-order valence-electron chi connectivity index (χ1n) is 10.9. The van der Waals surface area contributed by atoms with E-state index in [0.29, 0.717) is 11.6 Å². The molecule has 0 unspecified atom stereocenters. The number of hydrogen-bond acceptors (Lipinski definition) is 5. The normalized spacial score (nSPS) is 20.9. The molecule has 0 aliphatic heterocycles. The summed E-state index contributed by atoms with van der Waals surface area (Å²) in [7, 11) is 4.11. The van der Waals surface area contributed by atoms with Crippen molar-refractivity contribution in [2.45, 2.75) is 63.5 Å². The van der Waals surface area contributed by atoms with Crippen molar-refractivity contribution in [3.8, 4) is 0 Å². The lowest BCUT2D eigenvalue weighted by atomic mass is 9.91. The predicted octanol–water partition coefficient (Wildman–Crippen LogP) is 4.34. The molecule has 0 atom stereocenters. The molecule has 2 N–H and O–H groups in total. The highest BCUT2D eigenvalue weighted by atomic mass is 79.9. The summed E-state index contributed by atoms with van der Waals surface area (Å²) < 4.78 is 0.979. The molecule has 0 bridgehead atoms. The average molecular weight is 472 g/mol. The number of nitrogens with one attached hydrogen (secondary N) is 2. The highest BCUT2D eigenvalue weighted by Gasteiger charge is 2.25. The fraction of sp³-hybridized carbons (Fsp3) is 0.522. The van der Waals surface area contributed by atoms with Gasteiger partial charge < -0.3 is 15.5 Å². The van der Waals surface area contributed by atoms with Crippen molar-refractivity contribution in [1.82, 2.24) is 15.3 Å². The van der Waals surface area contributed by atoms with Crippen molar-refractivity contribution in [2.24, 2.45) is 0 Å². The lowest BCUT2D eigenvalue weighted by molar-refractivity contribution is 0.0926. The summed E-state index contributed by atoms with van der Waals surface area (Å²) in [6.07, 6.45) is 8.48. The quantitative estimate of drug-likeness (QED) is 0.678. The van der Waals surface area contributed by atoms with E-state index in [1.807, 2.05) is 24.3 Å². The van der Waals surface area contributed by atoms with E-state index in [4.69, 9.17) is 9.97 Å². The van der Waals surface area contributed by atoms with Gasteiger partial charge in [0.15, 0.2) is 0 Å². The second kappa shape index (κ2) is 9.33. The third-order valence-electron chi connectivity index (χ3n) is 6.09. The molecule has 2 aliphatic rings. The Labute approximate surface area is 187 Å². The van der Waals surface area contributed by atoms with Crippen LogP contribution in [-0.4, -0.2) is 42.1 Å². The Hall–Kier alpha value is -2.15. The van der Waals surface area contributed by atoms with Crippen molar-refractivity contribution < 1.29 is 4.79 Å². The smallest absolute Gasteiger partial charge is 0.251 e. The van der Waals surface area contributed by atoms with Gasteiger partial charge in [-0.1, -0.05) is 15.9 Å². The summed E-state index contributed by atoms with van der Waals surface area (Å²) in [5.74, 6) is 1.81. The first-order valence-corrected chi connectivity index (χ1v) is 11.7. The zero-order chi connectivity index (χ0) is 21.1. The van der Waals surface area contributed by atoms with E-state index in [2.05, 4.69) is 45.6 Å². The molecular formula is C23H30BrN5O. The number of carbonyl (C=O) groups is 1. The summed E-state index contributed by atoms with van der Waals surface area (Å²) in [5.41, 5.74) is 3.23. The van der Waals surface area contributed by atoms with Crippen molar-refractivity contribution in [3.05, 3.63) is 45.6 Å². The van der Waals surface area contributed by atoms with Gasteiger partial charge in [0.25, 0.3) is 5.91 Å². The van der Waals surface area contributed by atoms with Crippen LogP contribution in [0.5, 0.6) is 0 Å². The Balaban J connectivity index is 1.34. The summed E-state index contributed by atoms with van der Waals surface area (Å²) in [5, 5.41) is 6.76. The molecule has 30 heavy (non-hydrogen) atoms. The van der Waals surface area contributed by atoms with Crippen LogP contribution in [-0.2, 0) is 12.8 Å². The van der Waals surface area contributed by atoms with E-state index in [1.165, 1.54) is 24.1 Å². The Kier molecular flexibility index (Phi) is 6.56. The number of anilines is 2. The first kappa shape index (κ1) is 21.1. The second-order valence-corrected chi connectivity index (χ2v) is 9.49. The highest BCUT2D eigenvalue weighted by molar-refractivity contribution is 9.10. The van der Waals surface area contributed by atoms with Gasteiger partial charge in [0.2, 0.25) is 5.95 Å². The van der Waals surface area contributed by atoms with Gasteiger partial charge in [0.05, 0.1) is 5.69 Å². The monoisotopic (exact) mass is 471 g/mol. The number of carbonyl (C=O) groups excluding carboxylic acids is 1. The molecule has 6 nitrogen and oxygen atoms in total. The molecule has 2 aliphatic carbocycles. The number of hydrogen-bond donors (Lipinski definition) is 2. The Bertz CT molecular complexity index is 891. The van der Waals surface area contributed by atoms with Gasteiger partial charge >= 0.3 is 0 Å². The van der Waals surface area contributed by atoms with E-state index >= 15 is 0 Å². The maximum atomic E-state index is 12.5. The minimum atomic E-state index is 0.00699. The van der Waals surface area contributed by atoms with Crippen LogP contribution in [0.15, 0.2) is 28.7 Å². The molecule has 2 aromatic rings. The van der Waals surface area contributed by atoms with E-state index in [1.54, 1.807) is 0 Å². The third kappa shape index (κ3) is 4.94. The standard InChI is InChI=1S/C23H30BrN5O/c1-29(2)21-19-5-3-4-6-20(19)27-23(28-21)26-18-13-11-17(12-14-18)25-22(30)15-7-9-16(24)10-8-15/h7-10,17-18H,3-6,11-14H2,1-2H3,(H,25,30)(H,26,27,28)/t17-,18+. The first-order chi connectivity index (χ1) is 14.5. The Morgan fingerprint density at radius 1 is 1.00 bits per heavy atom. The molecule has 0 radical (unpaired) electrons. The third-order valence-corrected chi connectivity index (χ3v) is 6.62. The van der Waals surface area contributed by atoms with Crippen LogP contribution < -0.4 is 15.5 Å². The van der Waals surface area contributed by atoms with Crippen LogP contribution in [0.25, 0.3) is 0 Å². The lowest BCUT2D eigenvalue weighted by Gasteiger charge is -2.30. The molecule has 1 aromatic heterocycles. The van der Waals surface area contributed by atoms with Crippen LogP contribution in [0.2, 0.25) is 0 Å². The number of halogens is 1. The van der Waals surface area contributed by atoms with Crippen molar-refractivity contribution in [3.63, 3.8) is 0 Å². The molecular weight excluding hydrogens is 442 g/mol. The SMILES string of the molecule is CN(C)c1nc(N[C@H]2CC[C@@H](NC(=O)c3ccc(Br)cc3)CC2)nc2c1CCCC2. The van der Waals surface area contributed by atoms with Gasteiger partial charge in [-0.25, -0.2) is 4.98 Å². The van der Waals surface area contributed by atoms with E-state index < -0.39 is 0 Å². The minimum absolute atomic E-state index is 0.00699. The fourth-order valence-corrected chi connectivity index (χ4v) is 4.71. The molecule has 0 saturated heterocycles. The number of aryl methyl sites for hydroxylation is 1. The van der Waals surface area contributed by atoms with Gasteiger partial charge in [-0.05, 0) is 75.6 Å². The molecule has 1 aromatic carbocycles. The zero-order valence-corrected chi connectivity index (χ0v) is 19.3. The van der Waals surface area contributed by atoms with E-state index in [0.717, 1.165) is 54.8 Å². The second-order valence-electron chi connectivity index (χ2n) is 8.57. The van der Waals surface area contributed by atoms with Crippen molar-refractivity contribution >= 4 is 33.6 Å². The molecule has 1 fully saturated rings. The summed E-state index contributed by atoms with van der Waals surface area (Å²) in [6.45, 7) is 0. The van der Waals surface area contributed by atoms with Crippen LogP contribution >= 0.6 is 15.9 Å². The Morgan fingerprint density at radius 2 is 1.67 bits per heavy atom. The van der Waals surface area contributed by atoms with Gasteiger partial charge in [-0.3, -0.25) is 4.79 Å². The maximum absolute atomic E-state index is 12.5. The number of rotatable bonds is 5. The fourth-order valence-electron chi connectivity index (χ4n) is 4.44. The molecule has 4 rings (SSSR count). The van der Waals surface area contributed by atoms with E-state index in [-0.39, 0.29) is 11.9 Å². The van der Waals surface area contributed by atoms with Crippen molar-refractivity contribution in [1.29, 1.82) is 0 Å². The average Bonchev–Trinajstić information content (AvgIpc) is 2.75. The summed E-state index contributed by atoms with van der Waals surface area (Å²) >= 11 is 3.41. The molecule has 7 heteroatoms. The number of nitrogens with zero attached hydrogens (tertiary/aromatic N) is 3. The molecule has 1 heterocycles. The molecule has 0 spiro atoms. The topological polar surface area (TPSA) is 70.2 Å². The molecule has 160 valence electrons. The van der Waals surface area contributed by atoms with Crippen LogP contribution in [0.3, 0.4) is 0 Å². The number of fused-ring (bicyclic) bond motifs is 1. The molecule has 1 amide bonds. The predicted molar refractivity (Wildman–Crippen MR) is 124 cm³/mol. The van der Waals surface area contributed by atoms with Gasteiger partial charge in [0.1, 0.15) is 5.82 Å². The van der Waals surface area contributed by atoms with Gasteiger partial charge in [-0.2, -0.15) is 4.98 Å². The lowest BCUT2D eigenvalue weighted by Crippen LogP contribution is -2.40. The summed E-state index contributed by atoms with van der Waals surface area (Å²) in [6, 6.07) is 8.07. The van der Waals surface area contributed by atoms with Crippen molar-refractivity contribution in [2.75, 3.05) is 24.3 Å². The van der Waals surface area contributed by atoms with Gasteiger partial charge in [-0.15, -0.1) is 0 Å². The molecule has 1 saturated carbocycles. The zero-order valence-electron chi connectivity index (χ0n) is 17.7. The number of aromatic nitrogens is 2. The van der Waals surface area contributed by atoms with Crippen LogP contribution in [0.4, 0.5) is 11.8 Å². The minimum Gasteiger partial charge on any atom is -0.362 e. The van der Waals surface area contributed by atoms with E-state index in [9.17, 15) is 4.79 Å². The maximum Gasteiger partial charge on any atom is 0.251 e. The largest absolute Gasteiger partial charge is 0.362 e. The van der Waals surface area contributed by atoms with Crippen LogP contribution in [0, 0.1) is 0 Å². The highest BCUT2D eigenvalue weighted by Crippen LogP contribution is 2.29. The Morgan fingerprint density at radius 3 is 2.37 bits per heavy atom. The van der Waals surface area contributed by atoms with Gasteiger partial charge in [0, 0.05) is 41.8 Å². The van der Waals surface area contributed by atoms with Crippen LogP contribution in [0.1, 0.15) is 60.1 Å². The summed E-state index contributed by atoms with van der Waals surface area (Å²) in [4.78, 5) is 24.2.